The van der Waals surface area contributed by atoms with Crippen molar-refractivity contribution in [3.63, 3.8) is 0 Å². The summed E-state index contributed by atoms with van der Waals surface area (Å²) in [6.07, 6.45) is 1.49. The Bertz CT molecular complexity index is 1420. The van der Waals surface area contributed by atoms with Crippen LogP contribution in [0.3, 0.4) is 0 Å². The Morgan fingerprint density at radius 3 is 2.52 bits per heavy atom. The van der Waals surface area contributed by atoms with Crippen molar-refractivity contribution in [2.75, 3.05) is 0 Å². The molecule has 4 aromatic rings. The Morgan fingerprint density at radius 2 is 1.81 bits per heavy atom. The summed E-state index contributed by atoms with van der Waals surface area (Å²) in [6.45, 7) is 0. The third-order valence-corrected chi connectivity index (χ3v) is 5.77. The second-order valence-electron chi connectivity index (χ2n) is 6.48. The van der Waals surface area contributed by atoms with Crippen molar-refractivity contribution in [1.82, 2.24) is 9.66 Å². The highest BCUT2D eigenvalue weighted by molar-refractivity contribution is 9.11. The fraction of sp³-hybridized carbons (Fsp3) is 0. The average molecular weight is 562 g/mol. The van der Waals surface area contributed by atoms with Crippen LogP contribution in [0.15, 0.2) is 79.5 Å². The van der Waals surface area contributed by atoms with Gasteiger partial charge in [-0.3, -0.25) is 4.79 Å². The van der Waals surface area contributed by atoms with Gasteiger partial charge in [0.1, 0.15) is 0 Å². The van der Waals surface area contributed by atoms with Crippen molar-refractivity contribution in [3.8, 4) is 11.4 Å². The van der Waals surface area contributed by atoms with E-state index < -0.39 is 11.5 Å². The fourth-order valence-corrected chi connectivity index (χ4v) is 4.47. The highest BCUT2D eigenvalue weighted by Crippen LogP contribution is 2.29. The molecule has 6 nitrogen and oxygen atoms in total. The second kappa shape index (κ2) is 8.74. The number of aromatic carboxylic acids is 1. The maximum Gasteiger partial charge on any atom is 0.336 e. The minimum atomic E-state index is -1.13. The summed E-state index contributed by atoms with van der Waals surface area (Å²) in [5.74, 6) is -1.02. The lowest BCUT2D eigenvalue weighted by Gasteiger charge is -2.12. The number of carbonyl (C=O) groups is 1. The summed E-state index contributed by atoms with van der Waals surface area (Å²) in [4.78, 5) is 29.8. The van der Waals surface area contributed by atoms with Crippen LogP contribution in [-0.2, 0) is 0 Å². The van der Waals surface area contributed by atoms with Crippen LogP contribution in [0, 0.1) is 0 Å². The molecule has 9 heteroatoms. The zero-order chi connectivity index (χ0) is 22.1. The number of fused-ring (bicyclic) bond motifs is 1. The van der Waals surface area contributed by atoms with Crippen molar-refractivity contribution in [3.05, 3.63) is 96.1 Å². The SMILES string of the molecule is O=C(O)c1ccccc1-c1nc2c(Br)cc(Br)cc2c(=O)n1N=Cc1ccc(Cl)cc1. The molecule has 0 radical (unpaired) electrons. The minimum absolute atomic E-state index is 0.0115. The molecule has 0 saturated carbocycles. The van der Waals surface area contributed by atoms with E-state index >= 15 is 0 Å². The monoisotopic (exact) mass is 559 g/mol. The van der Waals surface area contributed by atoms with Gasteiger partial charge in [-0.15, -0.1) is 0 Å². The van der Waals surface area contributed by atoms with Crippen molar-refractivity contribution < 1.29 is 9.90 Å². The van der Waals surface area contributed by atoms with Crippen LogP contribution in [0.5, 0.6) is 0 Å². The molecule has 1 aromatic heterocycles. The standard InChI is InChI=1S/C22H12Br2ClN3O3/c23-13-9-17-19(18(24)10-13)27-20(15-3-1-2-4-16(15)22(30)31)28(21(17)29)26-11-12-5-7-14(25)8-6-12/h1-11H,(H,30,31). The van der Waals surface area contributed by atoms with Gasteiger partial charge >= 0.3 is 5.97 Å². The number of benzene rings is 3. The molecule has 0 bridgehead atoms. The van der Waals surface area contributed by atoms with Gasteiger partial charge in [-0.05, 0) is 51.8 Å². The quantitative estimate of drug-likeness (QED) is 0.318. The molecule has 0 unspecified atom stereocenters. The van der Waals surface area contributed by atoms with E-state index in [1.54, 1.807) is 54.6 Å². The molecule has 1 heterocycles. The van der Waals surface area contributed by atoms with E-state index in [9.17, 15) is 14.7 Å². The Kier molecular flexibility index (Phi) is 6.04. The summed E-state index contributed by atoms with van der Waals surface area (Å²) >= 11 is 12.7. The zero-order valence-corrected chi connectivity index (χ0v) is 19.5. The number of nitrogens with zero attached hydrogens (tertiary/aromatic N) is 3. The van der Waals surface area contributed by atoms with E-state index in [2.05, 4.69) is 41.9 Å². The molecule has 0 fully saturated rings. The maximum absolute atomic E-state index is 13.4. The summed E-state index contributed by atoms with van der Waals surface area (Å²) in [5.41, 5.74) is 0.965. The highest BCUT2D eigenvalue weighted by Gasteiger charge is 2.19. The molecular formula is C22H12Br2ClN3O3. The van der Waals surface area contributed by atoms with Crippen LogP contribution in [0.2, 0.25) is 5.02 Å². The van der Waals surface area contributed by atoms with Crippen molar-refractivity contribution >= 4 is 66.5 Å². The first-order valence-corrected chi connectivity index (χ1v) is 10.9. The van der Waals surface area contributed by atoms with Gasteiger partial charge in [0, 0.05) is 19.5 Å². The Morgan fingerprint density at radius 1 is 1.10 bits per heavy atom. The zero-order valence-electron chi connectivity index (χ0n) is 15.6. The molecule has 0 spiro atoms. The molecule has 154 valence electrons. The Balaban J connectivity index is 2.04. The molecule has 0 amide bonds. The first-order chi connectivity index (χ1) is 14.8. The number of hydrogen-bond donors (Lipinski definition) is 1. The normalized spacial score (nSPS) is 11.3. The number of rotatable bonds is 4. The Labute approximate surface area is 198 Å². The van der Waals surface area contributed by atoms with E-state index in [1.165, 1.54) is 12.3 Å². The molecule has 1 N–H and O–H groups in total. The molecule has 0 aliphatic heterocycles. The predicted octanol–water partition coefficient (Wildman–Crippen LogP) is 5.82. The second-order valence-corrected chi connectivity index (χ2v) is 8.69. The fourth-order valence-electron chi connectivity index (χ4n) is 3.03. The number of carboxylic acids is 1. The number of hydrogen-bond acceptors (Lipinski definition) is 4. The van der Waals surface area contributed by atoms with Gasteiger partial charge in [0.2, 0.25) is 0 Å². The maximum atomic E-state index is 13.4. The first kappa shape index (κ1) is 21.4. The number of aromatic nitrogens is 2. The molecule has 0 saturated heterocycles. The van der Waals surface area contributed by atoms with E-state index in [4.69, 9.17) is 11.6 Å². The van der Waals surface area contributed by atoms with Crippen molar-refractivity contribution in [1.29, 1.82) is 0 Å². The van der Waals surface area contributed by atoms with E-state index in [1.807, 2.05) is 0 Å². The third-order valence-electron chi connectivity index (χ3n) is 4.46. The summed E-state index contributed by atoms with van der Waals surface area (Å²) in [7, 11) is 0. The van der Waals surface area contributed by atoms with Gasteiger partial charge in [-0.2, -0.15) is 9.78 Å². The minimum Gasteiger partial charge on any atom is -0.478 e. The number of halogens is 3. The molecule has 3 aromatic carbocycles. The third kappa shape index (κ3) is 4.32. The van der Waals surface area contributed by atoms with Gasteiger partial charge in [-0.25, -0.2) is 9.78 Å². The van der Waals surface area contributed by atoms with Crippen molar-refractivity contribution in [2.45, 2.75) is 0 Å². The van der Waals surface area contributed by atoms with E-state index in [-0.39, 0.29) is 17.0 Å². The molecule has 31 heavy (non-hydrogen) atoms. The lowest BCUT2D eigenvalue weighted by atomic mass is 10.1. The van der Waals surface area contributed by atoms with Crippen molar-refractivity contribution in [2.24, 2.45) is 5.10 Å². The van der Waals surface area contributed by atoms with Crippen LogP contribution in [0.25, 0.3) is 22.3 Å². The van der Waals surface area contributed by atoms with Gasteiger partial charge in [0.25, 0.3) is 5.56 Å². The molecule has 0 atom stereocenters. The summed E-state index contributed by atoms with van der Waals surface area (Å²) in [6, 6.07) is 16.7. The first-order valence-electron chi connectivity index (χ1n) is 8.89. The lowest BCUT2D eigenvalue weighted by molar-refractivity contribution is 0.0697. The highest BCUT2D eigenvalue weighted by atomic mass is 79.9. The van der Waals surface area contributed by atoms with Gasteiger partial charge < -0.3 is 5.11 Å². The van der Waals surface area contributed by atoms with Crippen LogP contribution < -0.4 is 5.56 Å². The topological polar surface area (TPSA) is 84.5 Å². The van der Waals surface area contributed by atoms with Gasteiger partial charge in [-0.1, -0.05) is 57.9 Å². The van der Waals surface area contributed by atoms with E-state index in [0.717, 1.165) is 4.68 Å². The molecule has 0 aliphatic carbocycles. The number of carboxylic acid groups (broad SMARTS) is 1. The van der Waals surface area contributed by atoms with Crippen LogP contribution in [-0.4, -0.2) is 27.0 Å². The van der Waals surface area contributed by atoms with Crippen LogP contribution >= 0.6 is 43.5 Å². The predicted molar refractivity (Wildman–Crippen MR) is 128 cm³/mol. The van der Waals surface area contributed by atoms with Gasteiger partial charge in [0.05, 0.1) is 22.7 Å². The lowest BCUT2D eigenvalue weighted by Crippen LogP contribution is -2.21. The molecular weight excluding hydrogens is 550 g/mol. The van der Waals surface area contributed by atoms with Crippen LogP contribution in [0.1, 0.15) is 15.9 Å². The van der Waals surface area contributed by atoms with E-state index in [0.29, 0.717) is 30.4 Å². The largest absolute Gasteiger partial charge is 0.478 e. The van der Waals surface area contributed by atoms with Gasteiger partial charge in [0.15, 0.2) is 5.82 Å². The molecule has 0 aliphatic rings. The Hall–Kier alpha value is -2.81. The average Bonchev–Trinajstić information content (AvgIpc) is 2.74. The summed E-state index contributed by atoms with van der Waals surface area (Å²) < 4.78 is 2.40. The smallest absolute Gasteiger partial charge is 0.336 e. The summed E-state index contributed by atoms with van der Waals surface area (Å²) in [5, 5.41) is 14.9. The van der Waals surface area contributed by atoms with Crippen LogP contribution in [0.4, 0.5) is 0 Å². The molecule has 4 rings (SSSR count).